The number of nitrogens with zero attached hydrogens (tertiary/aromatic N) is 1. The maximum absolute atomic E-state index is 10.9. The Morgan fingerprint density at radius 1 is 1.29 bits per heavy atom. The van der Waals surface area contributed by atoms with E-state index in [0.717, 1.165) is 0 Å². The molecule has 0 unspecified atom stereocenters. The third kappa shape index (κ3) is 7.54. The lowest BCUT2D eigenvalue weighted by Gasteiger charge is -2.14. The van der Waals surface area contributed by atoms with E-state index in [0.29, 0.717) is 32.5 Å². The molecule has 14 heavy (non-hydrogen) atoms. The first-order chi connectivity index (χ1) is 6.56. The van der Waals surface area contributed by atoms with Crippen molar-refractivity contribution in [3.05, 3.63) is 0 Å². The van der Waals surface area contributed by atoms with Gasteiger partial charge in [-0.05, 0) is 14.0 Å². The van der Waals surface area contributed by atoms with Crippen LogP contribution in [0.2, 0.25) is 0 Å². The van der Waals surface area contributed by atoms with Crippen LogP contribution in [-0.2, 0) is 14.3 Å². The molecule has 5 heteroatoms. The summed E-state index contributed by atoms with van der Waals surface area (Å²) in [5.41, 5.74) is 4.99. The lowest BCUT2D eigenvalue weighted by Crippen LogP contribution is -2.27. The second kappa shape index (κ2) is 7.32. The average molecular weight is 202 g/mol. The normalized spacial score (nSPS) is 10.2. The number of hydrogen-bond donors (Lipinski definition) is 1. The number of amides is 1. The Morgan fingerprint density at radius 3 is 2.36 bits per heavy atom. The first-order valence-corrected chi connectivity index (χ1v) is 4.68. The van der Waals surface area contributed by atoms with E-state index in [-0.39, 0.29) is 11.9 Å². The average Bonchev–Trinajstić information content (AvgIpc) is 2.12. The number of carbonyl (C=O) groups is 2. The van der Waals surface area contributed by atoms with Crippen molar-refractivity contribution in [3.8, 4) is 0 Å². The monoisotopic (exact) mass is 202 g/mol. The molecule has 0 aliphatic carbocycles. The molecule has 0 aliphatic heterocycles. The van der Waals surface area contributed by atoms with Crippen molar-refractivity contribution >= 4 is 11.9 Å². The highest BCUT2D eigenvalue weighted by molar-refractivity contribution is 5.73. The molecule has 0 aromatic rings. The van der Waals surface area contributed by atoms with Gasteiger partial charge in [-0.25, -0.2) is 0 Å². The number of hydrogen-bond acceptors (Lipinski definition) is 4. The molecule has 0 saturated heterocycles. The molecule has 82 valence electrons. The van der Waals surface area contributed by atoms with Crippen LogP contribution in [0.4, 0.5) is 0 Å². The smallest absolute Gasteiger partial charge is 0.307 e. The number of ether oxygens (including phenoxy) is 1. The molecule has 2 N–H and O–H groups in total. The highest BCUT2D eigenvalue weighted by Gasteiger charge is 2.05. The second-order valence-electron chi connectivity index (χ2n) is 3.07. The molecule has 0 heterocycles. The van der Waals surface area contributed by atoms with Crippen LogP contribution in [0.5, 0.6) is 0 Å². The summed E-state index contributed by atoms with van der Waals surface area (Å²) in [5, 5.41) is 0. The fourth-order valence-electron chi connectivity index (χ4n) is 0.928. The summed E-state index contributed by atoms with van der Waals surface area (Å²) in [4.78, 5) is 23.3. The van der Waals surface area contributed by atoms with Gasteiger partial charge in [-0.15, -0.1) is 0 Å². The summed E-state index contributed by atoms with van der Waals surface area (Å²) in [6, 6.07) is 0. The molecular weight excluding hydrogens is 184 g/mol. The van der Waals surface area contributed by atoms with Gasteiger partial charge in [-0.1, -0.05) is 0 Å². The fraction of sp³-hybridized carbons (Fsp3) is 0.778. The molecule has 0 aromatic heterocycles. The van der Waals surface area contributed by atoms with Crippen LogP contribution in [0.3, 0.4) is 0 Å². The summed E-state index contributed by atoms with van der Waals surface area (Å²) in [6.07, 6.45) is 0.669. The van der Waals surface area contributed by atoms with E-state index in [1.807, 2.05) is 11.9 Å². The van der Waals surface area contributed by atoms with Gasteiger partial charge in [0.2, 0.25) is 5.91 Å². The number of primary amides is 1. The van der Waals surface area contributed by atoms with Crippen molar-refractivity contribution in [1.29, 1.82) is 0 Å². The maximum atomic E-state index is 10.9. The zero-order valence-electron chi connectivity index (χ0n) is 8.78. The minimum absolute atomic E-state index is 0.210. The minimum atomic E-state index is -0.326. The quantitative estimate of drug-likeness (QED) is 0.578. The van der Waals surface area contributed by atoms with Gasteiger partial charge in [-0.2, -0.15) is 0 Å². The van der Waals surface area contributed by atoms with Gasteiger partial charge in [0.25, 0.3) is 0 Å². The number of esters is 1. The van der Waals surface area contributed by atoms with Gasteiger partial charge in [0.05, 0.1) is 13.0 Å². The van der Waals surface area contributed by atoms with Crippen molar-refractivity contribution in [2.45, 2.75) is 19.8 Å². The molecule has 0 aliphatic rings. The standard InChI is InChI=1S/C9H18N2O3/c1-3-14-9(13)5-7-11(2)6-4-8(10)12/h3-7H2,1-2H3,(H2,10,12). The van der Waals surface area contributed by atoms with Crippen molar-refractivity contribution in [1.82, 2.24) is 4.90 Å². The maximum Gasteiger partial charge on any atom is 0.307 e. The van der Waals surface area contributed by atoms with Gasteiger partial charge >= 0.3 is 5.97 Å². The largest absolute Gasteiger partial charge is 0.466 e. The van der Waals surface area contributed by atoms with Crippen LogP contribution in [0, 0.1) is 0 Å². The first-order valence-electron chi connectivity index (χ1n) is 4.68. The fourth-order valence-corrected chi connectivity index (χ4v) is 0.928. The molecule has 5 nitrogen and oxygen atoms in total. The molecule has 0 spiro atoms. The van der Waals surface area contributed by atoms with E-state index in [1.165, 1.54) is 0 Å². The molecule has 0 atom stereocenters. The minimum Gasteiger partial charge on any atom is -0.466 e. The third-order valence-electron chi connectivity index (χ3n) is 1.74. The molecule has 0 rings (SSSR count). The van der Waals surface area contributed by atoms with E-state index < -0.39 is 0 Å². The lowest BCUT2D eigenvalue weighted by atomic mass is 10.3. The molecule has 0 saturated carbocycles. The van der Waals surface area contributed by atoms with Crippen LogP contribution in [-0.4, -0.2) is 43.5 Å². The van der Waals surface area contributed by atoms with Gasteiger partial charge in [0, 0.05) is 19.5 Å². The Kier molecular flexibility index (Phi) is 6.74. The van der Waals surface area contributed by atoms with Gasteiger partial charge in [-0.3, -0.25) is 9.59 Å². The predicted molar refractivity (Wildman–Crippen MR) is 52.6 cm³/mol. The number of nitrogens with two attached hydrogens (primary N) is 1. The number of carbonyl (C=O) groups excluding carboxylic acids is 2. The zero-order valence-corrected chi connectivity index (χ0v) is 8.78. The zero-order chi connectivity index (χ0) is 11.0. The van der Waals surface area contributed by atoms with E-state index >= 15 is 0 Å². The van der Waals surface area contributed by atoms with Gasteiger partial charge in [0.15, 0.2) is 0 Å². The Bertz CT molecular complexity index is 194. The van der Waals surface area contributed by atoms with E-state index in [9.17, 15) is 9.59 Å². The predicted octanol–water partition coefficient (Wildman–Crippen LogP) is -0.253. The van der Waals surface area contributed by atoms with E-state index in [4.69, 9.17) is 10.5 Å². The summed E-state index contributed by atoms with van der Waals surface area (Å²) in [5.74, 6) is -0.536. The summed E-state index contributed by atoms with van der Waals surface area (Å²) >= 11 is 0. The number of rotatable bonds is 7. The Labute approximate surface area is 84.2 Å². The van der Waals surface area contributed by atoms with E-state index in [1.54, 1.807) is 6.92 Å². The summed E-state index contributed by atoms with van der Waals surface area (Å²) in [7, 11) is 1.84. The lowest BCUT2D eigenvalue weighted by molar-refractivity contribution is -0.143. The van der Waals surface area contributed by atoms with Crippen molar-refractivity contribution in [2.75, 3.05) is 26.7 Å². The molecule has 1 amide bonds. The van der Waals surface area contributed by atoms with Crippen molar-refractivity contribution in [3.63, 3.8) is 0 Å². The molecule has 0 bridgehead atoms. The van der Waals surface area contributed by atoms with Crippen LogP contribution < -0.4 is 5.73 Å². The highest BCUT2D eigenvalue weighted by atomic mass is 16.5. The molecule has 0 radical (unpaired) electrons. The van der Waals surface area contributed by atoms with Crippen LogP contribution >= 0.6 is 0 Å². The van der Waals surface area contributed by atoms with Crippen molar-refractivity contribution in [2.24, 2.45) is 5.73 Å². The summed E-state index contributed by atoms with van der Waals surface area (Å²) in [6.45, 7) is 3.35. The Hall–Kier alpha value is -1.10. The second-order valence-corrected chi connectivity index (χ2v) is 3.07. The van der Waals surface area contributed by atoms with Gasteiger partial charge < -0.3 is 15.4 Å². The molecule has 0 aromatic carbocycles. The molecular formula is C9H18N2O3. The van der Waals surface area contributed by atoms with Crippen LogP contribution in [0.15, 0.2) is 0 Å². The van der Waals surface area contributed by atoms with Crippen molar-refractivity contribution < 1.29 is 14.3 Å². The molecule has 0 fully saturated rings. The van der Waals surface area contributed by atoms with Crippen LogP contribution in [0.1, 0.15) is 19.8 Å². The topological polar surface area (TPSA) is 72.6 Å². The Balaban J connectivity index is 3.48. The first kappa shape index (κ1) is 12.9. The third-order valence-corrected chi connectivity index (χ3v) is 1.74. The Morgan fingerprint density at radius 2 is 1.86 bits per heavy atom. The van der Waals surface area contributed by atoms with E-state index in [2.05, 4.69) is 0 Å². The highest BCUT2D eigenvalue weighted by Crippen LogP contribution is 1.92. The van der Waals surface area contributed by atoms with Gasteiger partial charge in [0.1, 0.15) is 0 Å². The SMILES string of the molecule is CCOC(=O)CCN(C)CCC(N)=O. The summed E-state index contributed by atoms with van der Waals surface area (Å²) < 4.78 is 4.76. The van der Waals surface area contributed by atoms with Crippen LogP contribution in [0.25, 0.3) is 0 Å².